The Morgan fingerprint density at radius 2 is 1.62 bits per heavy atom. The van der Waals surface area contributed by atoms with Gasteiger partial charge in [-0.2, -0.15) is 4.98 Å². The van der Waals surface area contributed by atoms with Crippen LogP contribution < -0.4 is 11.4 Å². The molecule has 0 bridgehead atoms. The largest absolute Gasteiger partial charge is 0.425 e. The monoisotopic (exact) mass is 449 g/mol. The zero-order chi connectivity index (χ0) is 23.2. The molecule has 0 unspecified atom stereocenters. The van der Waals surface area contributed by atoms with Crippen molar-refractivity contribution in [2.24, 2.45) is 5.41 Å². The number of aliphatic hydroxyl groups is 1. The topological polar surface area (TPSA) is 90.4 Å². The molecule has 1 aliphatic rings. The second-order valence-electron chi connectivity index (χ2n) is 9.74. The standard InChI is InChI=1S/C25H31N3O3Si/c1-22(2,3)24(18-10-6-4-7-11-18)16-23(17-31-32,28-15-14-20(26)27-21(28)29)25(24,30)19-12-8-5-9-13-19/h4-15,30H,16-17H2,1-3,32H3,(H2,26,27,29)/t23-,24-,25-/m1/s1. The summed E-state index contributed by atoms with van der Waals surface area (Å²) in [4.78, 5) is 17.1. The van der Waals surface area contributed by atoms with Crippen molar-refractivity contribution in [3.05, 3.63) is 94.5 Å². The number of anilines is 1. The van der Waals surface area contributed by atoms with Gasteiger partial charge in [0.05, 0.1) is 6.61 Å². The third-order valence-electron chi connectivity index (χ3n) is 7.26. The van der Waals surface area contributed by atoms with Crippen molar-refractivity contribution in [2.45, 2.75) is 43.7 Å². The van der Waals surface area contributed by atoms with Gasteiger partial charge >= 0.3 is 5.69 Å². The van der Waals surface area contributed by atoms with Gasteiger partial charge < -0.3 is 15.3 Å². The van der Waals surface area contributed by atoms with E-state index < -0.39 is 22.2 Å². The first kappa shape index (κ1) is 22.5. The fourth-order valence-electron chi connectivity index (χ4n) is 5.92. The molecule has 3 N–H and O–H groups in total. The number of nitrogens with two attached hydrogens (primary N) is 1. The lowest BCUT2D eigenvalue weighted by Crippen LogP contribution is -2.81. The summed E-state index contributed by atoms with van der Waals surface area (Å²) >= 11 is 0. The average molecular weight is 450 g/mol. The average Bonchev–Trinajstić information content (AvgIpc) is 2.76. The SMILES string of the molecule is CC(C)(C)[C@]1(c2ccccc2)C[C@](CO[SiH3])(n2ccc(N)nc2=O)[C@]1(O)c1ccccc1. The van der Waals surface area contributed by atoms with Crippen molar-refractivity contribution >= 4 is 16.3 Å². The van der Waals surface area contributed by atoms with Gasteiger partial charge in [-0.25, -0.2) is 4.79 Å². The zero-order valence-corrected chi connectivity index (χ0v) is 21.1. The number of aromatic nitrogens is 2. The lowest BCUT2D eigenvalue weighted by atomic mass is 9.35. The van der Waals surface area contributed by atoms with E-state index in [9.17, 15) is 9.90 Å². The Balaban J connectivity index is 2.10. The molecule has 0 radical (unpaired) electrons. The summed E-state index contributed by atoms with van der Waals surface area (Å²) in [5.74, 6) is 0.154. The van der Waals surface area contributed by atoms with Crippen molar-refractivity contribution in [3.63, 3.8) is 0 Å². The number of benzene rings is 2. The number of nitrogen functional groups attached to an aromatic ring is 1. The number of hydrogen-bond donors (Lipinski definition) is 2. The Bertz CT molecular complexity index is 1160. The zero-order valence-electron chi connectivity index (χ0n) is 19.1. The summed E-state index contributed by atoms with van der Waals surface area (Å²) in [6.07, 6.45) is 2.14. The Morgan fingerprint density at radius 3 is 2.12 bits per heavy atom. The minimum Gasteiger partial charge on any atom is -0.425 e. The molecule has 3 atom stereocenters. The molecular formula is C25H31N3O3Si. The van der Waals surface area contributed by atoms with Gasteiger partial charge in [0.15, 0.2) is 0 Å². The molecule has 2 aromatic carbocycles. The number of rotatable bonds is 5. The van der Waals surface area contributed by atoms with E-state index in [4.69, 9.17) is 10.2 Å². The van der Waals surface area contributed by atoms with Crippen LogP contribution in [0.15, 0.2) is 77.7 Å². The first-order chi connectivity index (χ1) is 15.1. The van der Waals surface area contributed by atoms with Gasteiger partial charge in [0.25, 0.3) is 0 Å². The highest BCUT2D eigenvalue weighted by molar-refractivity contribution is 5.98. The highest BCUT2D eigenvalue weighted by Crippen LogP contribution is 2.72. The second-order valence-corrected chi connectivity index (χ2v) is 10.3. The predicted octanol–water partition coefficient (Wildman–Crippen LogP) is 2.09. The van der Waals surface area contributed by atoms with Crippen molar-refractivity contribution in [1.82, 2.24) is 9.55 Å². The van der Waals surface area contributed by atoms with Crippen LogP contribution in [0.4, 0.5) is 5.82 Å². The minimum absolute atomic E-state index is 0.154. The van der Waals surface area contributed by atoms with Gasteiger partial charge in [0.2, 0.25) is 0 Å². The molecule has 3 aromatic rings. The van der Waals surface area contributed by atoms with Crippen molar-refractivity contribution in [1.29, 1.82) is 0 Å². The van der Waals surface area contributed by atoms with E-state index in [0.717, 1.165) is 11.1 Å². The molecule has 168 valence electrons. The van der Waals surface area contributed by atoms with Crippen LogP contribution in [0.1, 0.15) is 38.3 Å². The third kappa shape index (κ3) is 2.85. The van der Waals surface area contributed by atoms with Crippen LogP contribution in [-0.4, -0.2) is 31.8 Å². The Kier molecular flexibility index (Phi) is 5.39. The maximum atomic E-state index is 13.1. The number of nitrogens with zero attached hydrogens (tertiary/aromatic N) is 2. The Labute approximate surface area is 191 Å². The van der Waals surface area contributed by atoms with E-state index >= 15 is 0 Å². The first-order valence-corrected chi connectivity index (χ1v) is 11.6. The summed E-state index contributed by atoms with van der Waals surface area (Å²) in [5.41, 5.74) is 3.53. The first-order valence-electron chi connectivity index (χ1n) is 10.8. The van der Waals surface area contributed by atoms with Crippen LogP contribution in [0.3, 0.4) is 0 Å². The predicted molar refractivity (Wildman–Crippen MR) is 129 cm³/mol. The van der Waals surface area contributed by atoms with Crippen LogP contribution in [0.25, 0.3) is 0 Å². The van der Waals surface area contributed by atoms with Crippen molar-refractivity contribution < 1.29 is 9.53 Å². The Hall–Kier alpha value is -2.74. The fraction of sp³-hybridized carbons (Fsp3) is 0.360. The molecule has 1 heterocycles. The maximum absolute atomic E-state index is 13.1. The van der Waals surface area contributed by atoms with Gasteiger partial charge in [-0.1, -0.05) is 81.4 Å². The van der Waals surface area contributed by atoms with Crippen LogP contribution in [0.2, 0.25) is 0 Å². The lowest BCUT2D eigenvalue weighted by molar-refractivity contribution is -0.276. The molecule has 6 nitrogen and oxygen atoms in total. The quantitative estimate of drug-likeness (QED) is 0.582. The van der Waals surface area contributed by atoms with Crippen LogP contribution in [0, 0.1) is 5.41 Å². The molecular weight excluding hydrogens is 418 g/mol. The molecule has 1 aromatic heterocycles. The Morgan fingerprint density at radius 1 is 1.06 bits per heavy atom. The molecule has 1 saturated carbocycles. The summed E-state index contributed by atoms with van der Waals surface area (Å²) in [6.45, 7) is 6.62. The van der Waals surface area contributed by atoms with E-state index in [0.29, 0.717) is 16.9 Å². The highest BCUT2D eigenvalue weighted by Gasteiger charge is 2.78. The molecule has 0 amide bonds. The van der Waals surface area contributed by atoms with Crippen molar-refractivity contribution in [3.8, 4) is 0 Å². The van der Waals surface area contributed by atoms with Crippen molar-refractivity contribution in [2.75, 3.05) is 12.3 Å². The fourth-order valence-corrected chi connectivity index (χ4v) is 6.40. The molecule has 32 heavy (non-hydrogen) atoms. The van der Waals surface area contributed by atoms with E-state index in [-0.39, 0.29) is 17.8 Å². The lowest BCUT2D eigenvalue weighted by Gasteiger charge is -2.72. The summed E-state index contributed by atoms with van der Waals surface area (Å²) in [7, 11) is 0.469. The number of hydrogen-bond acceptors (Lipinski definition) is 5. The van der Waals surface area contributed by atoms with Gasteiger partial charge in [0, 0.05) is 11.6 Å². The molecule has 0 spiro atoms. The molecule has 1 aliphatic carbocycles. The van der Waals surface area contributed by atoms with Gasteiger partial charge in [-0.05, 0) is 29.0 Å². The van der Waals surface area contributed by atoms with Crippen LogP contribution in [0.5, 0.6) is 0 Å². The van der Waals surface area contributed by atoms with Crippen LogP contribution >= 0.6 is 0 Å². The summed E-state index contributed by atoms with van der Waals surface area (Å²) in [6, 6.07) is 21.3. The van der Waals surface area contributed by atoms with Crippen LogP contribution in [-0.2, 0) is 21.0 Å². The smallest absolute Gasteiger partial charge is 0.350 e. The summed E-state index contributed by atoms with van der Waals surface area (Å²) in [5, 5.41) is 13.0. The van der Waals surface area contributed by atoms with Gasteiger partial charge in [-0.15, -0.1) is 0 Å². The van der Waals surface area contributed by atoms with E-state index in [1.54, 1.807) is 12.3 Å². The minimum atomic E-state index is -1.45. The highest BCUT2D eigenvalue weighted by atomic mass is 28.2. The molecule has 0 aliphatic heterocycles. The summed E-state index contributed by atoms with van der Waals surface area (Å²) < 4.78 is 7.34. The third-order valence-corrected chi connectivity index (χ3v) is 7.55. The normalized spacial score (nSPS) is 27.8. The molecule has 1 fully saturated rings. The van der Waals surface area contributed by atoms with Gasteiger partial charge in [0.1, 0.15) is 27.4 Å². The second kappa shape index (κ2) is 7.69. The molecule has 7 heteroatoms. The van der Waals surface area contributed by atoms with E-state index in [1.807, 2.05) is 48.5 Å². The molecule has 0 saturated heterocycles. The van der Waals surface area contributed by atoms with E-state index in [1.165, 1.54) is 4.57 Å². The van der Waals surface area contributed by atoms with Gasteiger partial charge in [-0.3, -0.25) is 4.57 Å². The maximum Gasteiger partial charge on any atom is 0.350 e. The van der Waals surface area contributed by atoms with E-state index in [2.05, 4.69) is 37.9 Å². The molecule has 4 rings (SSSR count).